The lowest BCUT2D eigenvalue weighted by Crippen LogP contribution is -2.40. The lowest BCUT2D eigenvalue weighted by atomic mass is 9.99. The van der Waals surface area contributed by atoms with Crippen molar-refractivity contribution in [1.29, 1.82) is 0 Å². The minimum atomic E-state index is -3.06. The van der Waals surface area contributed by atoms with E-state index in [0.29, 0.717) is 17.5 Å². The molecule has 1 aliphatic rings. The largest absolute Gasteiger partial charge is 0.455 e. The van der Waals surface area contributed by atoms with Gasteiger partial charge in [-0.2, -0.15) is 0 Å². The first-order chi connectivity index (χ1) is 17.0. The van der Waals surface area contributed by atoms with E-state index in [-0.39, 0.29) is 29.5 Å². The molecule has 0 fully saturated rings. The number of oxazole rings is 1. The number of aromatic nitrogens is 4. The van der Waals surface area contributed by atoms with E-state index in [0.717, 1.165) is 5.69 Å². The highest BCUT2D eigenvalue weighted by Crippen LogP contribution is 2.39. The number of hydrogen-bond acceptors (Lipinski definition) is 6. The van der Waals surface area contributed by atoms with Gasteiger partial charge in [-0.25, -0.2) is 23.1 Å². The molecule has 0 spiro atoms. The van der Waals surface area contributed by atoms with Gasteiger partial charge in [-0.15, -0.1) is 0 Å². The van der Waals surface area contributed by atoms with Crippen molar-refractivity contribution in [2.24, 2.45) is 0 Å². The number of carbonyl (C=O) groups is 1. The number of furan rings is 1. The van der Waals surface area contributed by atoms with E-state index in [2.05, 4.69) is 19.9 Å². The first kappa shape index (κ1) is 21.1. The smallest absolute Gasteiger partial charge is 0.292 e. The predicted molar refractivity (Wildman–Crippen MR) is 116 cm³/mol. The Kier molecular flexibility index (Phi) is 4.90. The number of hydrogen-bond donors (Lipinski definition) is 1. The molecule has 0 saturated heterocycles. The van der Waals surface area contributed by atoms with Crippen LogP contribution in [-0.2, 0) is 6.42 Å². The van der Waals surface area contributed by atoms with Crippen LogP contribution in [0.1, 0.15) is 45.9 Å². The number of fused-ring (bicyclic) bond motifs is 2. The highest BCUT2D eigenvalue weighted by Gasteiger charge is 2.40. The zero-order valence-corrected chi connectivity index (χ0v) is 17.9. The Labute approximate surface area is 195 Å². The zero-order chi connectivity index (χ0) is 24.1. The molecule has 4 aromatic heterocycles. The van der Waals surface area contributed by atoms with Gasteiger partial charge in [0.05, 0.1) is 12.0 Å². The number of alkyl halides is 2. The number of amides is 1. The van der Waals surface area contributed by atoms with Crippen molar-refractivity contribution in [2.45, 2.75) is 18.9 Å². The van der Waals surface area contributed by atoms with Crippen LogP contribution in [0.2, 0.25) is 0 Å². The molecule has 0 radical (unpaired) electrons. The number of para-hydroxylation sites is 1. The summed E-state index contributed by atoms with van der Waals surface area (Å²) in [6.45, 7) is 0.153. The van der Waals surface area contributed by atoms with Gasteiger partial charge in [0.15, 0.2) is 17.1 Å². The van der Waals surface area contributed by atoms with Crippen LogP contribution in [0.25, 0.3) is 22.6 Å². The maximum atomic E-state index is 14.3. The molecule has 5 heterocycles. The zero-order valence-electron chi connectivity index (χ0n) is 17.9. The number of imidazole rings is 1. The van der Waals surface area contributed by atoms with Crippen molar-refractivity contribution in [3.8, 4) is 11.6 Å². The lowest BCUT2D eigenvalue weighted by Gasteiger charge is -2.33. The van der Waals surface area contributed by atoms with Gasteiger partial charge in [-0.05, 0) is 24.3 Å². The number of carbonyl (C=O) groups excluding carboxylic acids is 1. The Hall–Kier alpha value is -4.41. The predicted octanol–water partition coefficient (Wildman–Crippen LogP) is 5.07. The number of rotatable bonds is 4. The second-order valence-electron chi connectivity index (χ2n) is 7.97. The number of pyridine rings is 1. The van der Waals surface area contributed by atoms with Gasteiger partial charge in [-0.3, -0.25) is 9.78 Å². The first-order valence-electron chi connectivity index (χ1n) is 10.7. The van der Waals surface area contributed by atoms with Crippen LogP contribution in [0.4, 0.5) is 13.2 Å². The molecule has 35 heavy (non-hydrogen) atoms. The van der Waals surface area contributed by atoms with Gasteiger partial charge in [0.1, 0.15) is 17.5 Å². The Morgan fingerprint density at radius 2 is 2.03 bits per heavy atom. The number of benzene rings is 1. The highest BCUT2D eigenvalue weighted by molar-refractivity contribution is 5.94. The maximum Gasteiger partial charge on any atom is 0.292 e. The lowest BCUT2D eigenvalue weighted by molar-refractivity contribution is 0.0626. The van der Waals surface area contributed by atoms with E-state index in [1.807, 2.05) is 0 Å². The van der Waals surface area contributed by atoms with Gasteiger partial charge in [0, 0.05) is 30.2 Å². The number of halogens is 3. The van der Waals surface area contributed by atoms with Crippen LogP contribution in [0, 0.1) is 5.82 Å². The van der Waals surface area contributed by atoms with Crippen LogP contribution in [-0.4, -0.2) is 37.3 Å². The molecule has 6 rings (SSSR count). The Bertz CT molecular complexity index is 1540. The molecule has 8 nitrogen and oxygen atoms in total. The van der Waals surface area contributed by atoms with Crippen LogP contribution >= 0.6 is 0 Å². The molecular weight excluding hydrogens is 463 g/mol. The Morgan fingerprint density at radius 1 is 1.14 bits per heavy atom. The maximum absolute atomic E-state index is 14.3. The second-order valence-corrected chi connectivity index (χ2v) is 7.97. The Balaban J connectivity index is 1.46. The van der Waals surface area contributed by atoms with Crippen LogP contribution in [0.5, 0.6) is 0 Å². The fourth-order valence-corrected chi connectivity index (χ4v) is 4.33. The van der Waals surface area contributed by atoms with Crippen LogP contribution in [0.15, 0.2) is 63.8 Å². The molecule has 0 unspecified atom stereocenters. The van der Waals surface area contributed by atoms with Crippen molar-refractivity contribution in [3.05, 3.63) is 89.4 Å². The van der Waals surface area contributed by atoms with E-state index in [1.54, 1.807) is 30.3 Å². The molecule has 1 amide bonds. The fourth-order valence-electron chi connectivity index (χ4n) is 4.33. The summed E-state index contributed by atoms with van der Waals surface area (Å²) in [5.74, 6) is -1.90. The number of nitrogens with one attached hydrogen (secondary N) is 1. The van der Waals surface area contributed by atoms with E-state index in [4.69, 9.17) is 8.83 Å². The number of nitrogens with zero attached hydrogens (tertiary/aromatic N) is 4. The molecule has 1 aromatic carbocycles. The van der Waals surface area contributed by atoms with Crippen LogP contribution in [0.3, 0.4) is 0 Å². The third-order valence-electron chi connectivity index (χ3n) is 5.91. The standard InChI is InChI=1S/C24H16F3N5O3/c25-13-5-3-4-12-10-16(34-20(12)13)19-17-14(29-11-30-17)7-9-32(19)24(33)21-18(22(26)27)31-23(35-21)15-6-1-2-8-28-15/h1-6,8,10-11,19,22H,7,9H2,(H,29,30)/t19-/m1/s1. The summed E-state index contributed by atoms with van der Waals surface area (Å²) >= 11 is 0. The van der Waals surface area contributed by atoms with Gasteiger partial charge >= 0.3 is 0 Å². The third-order valence-corrected chi connectivity index (χ3v) is 5.91. The van der Waals surface area contributed by atoms with E-state index in [9.17, 15) is 18.0 Å². The summed E-state index contributed by atoms with van der Waals surface area (Å²) < 4.78 is 53.4. The topological polar surface area (TPSA) is 101 Å². The van der Waals surface area contributed by atoms with E-state index in [1.165, 1.54) is 29.6 Å². The first-order valence-corrected chi connectivity index (χ1v) is 10.7. The minimum Gasteiger partial charge on any atom is -0.455 e. The molecule has 0 aliphatic carbocycles. The summed E-state index contributed by atoms with van der Waals surface area (Å²) in [7, 11) is 0. The molecular formula is C24H16F3N5O3. The normalized spacial score (nSPS) is 15.7. The summed E-state index contributed by atoms with van der Waals surface area (Å²) in [6.07, 6.45) is 0.285. The summed E-state index contributed by atoms with van der Waals surface area (Å²) in [5, 5.41) is 0.500. The highest BCUT2D eigenvalue weighted by atomic mass is 19.3. The van der Waals surface area contributed by atoms with Gasteiger partial charge in [0.2, 0.25) is 11.7 Å². The van der Waals surface area contributed by atoms with Crippen molar-refractivity contribution < 1.29 is 26.8 Å². The molecule has 0 saturated carbocycles. The molecule has 1 N–H and O–H groups in total. The van der Waals surface area contributed by atoms with E-state index >= 15 is 0 Å². The summed E-state index contributed by atoms with van der Waals surface area (Å²) in [6, 6.07) is 10.1. The van der Waals surface area contributed by atoms with Crippen molar-refractivity contribution in [1.82, 2.24) is 24.8 Å². The minimum absolute atomic E-state index is 0.0305. The molecule has 0 bridgehead atoms. The van der Waals surface area contributed by atoms with Crippen molar-refractivity contribution in [2.75, 3.05) is 6.54 Å². The molecule has 5 aromatic rings. The second kappa shape index (κ2) is 8.12. The van der Waals surface area contributed by atoms with Crippen molar-refractivity contribution >= 4 is 16.9 Å². The average molecular weight is 479 g/mol. The van der Waals surface area contributed by atoms with Crippen molar-refractivity contribution in [3.63, 3.8) is 0 Å². The van der Waals surface area contributed by atoms with Crippen LogP contribution < -0.4 is 0 Å². The fraction of sp³-hybridized carbons (Fsp3) is 0.167. The molecule has 1 atom stereocenters. The van der Waals surface area contributed by atoms with E-state index < -0.39 is 35.6 Å². The summed E-state index contributed by atoms with van der Waals surface area (Å²) in [5.41, 5.74) is 0.708. The molecule has 1 aliphatic heterocycles. The average Bonchev–Trinajstić information content (AvgIpc) is 3.61. The Morgan fingerprint density at radius 3 is 2.80 bits per heavy atom. The van der Waals surface area contributed by atoms with Gasteiger partial charge in [-0.1, -0.05) is 18.2 Å². The molecule has 176 valence electrons. The SMILES string of the molecule is O=C(c1oc(-c2ccccn2)nc1C(F)F)N1CCc2[nH]cnc2[C@H]1c1cc2cccc(F)c2o1. The third kappa shape index (κ3) is 3.47. The number of H-pyrrole nitrogens is 1. The monoisotopic (exact) mass is 479 g/mol. The summed E-state index contributed by atoms with van der Waals surface area (Å²) in [4.78, 5) is 30.3. The molecule has 11 heteroatoms. The quantitative estimate of drug-likeness (QED) is 0.386. The number of aromatic amines is 1. The van der Waals surface area contributed by atoms with Gasteiger partial charge in [0.25, 0.3) is 12.3 Å². The van der Waals surface area contributed by atoms with Gasteiger partial charge < -0.3 is 18.7 Å².